The molecule has 1 heterocycles. The highest BCUT2D eigenvalue weighted by Crippen LogP contribution is 2.30. The molecule has 0 bridgehead atoms. The Morgan fingerprint density at radius 3 is 2.23 bits per heavy atom. The zero-order chi connectivity index (χ0) is 21.2. The van der Waals surface area contributed by atoms with Crippen LogP contribution in [0, 0.1) is 0 Å². The van der Waals surface area contributed by atoms with Crippen molar-refractivity contribution in [2.24, 2.45) is 0 Å². The molecule has 31 heavy (non-hydrogen) atoms. The van der Waals surface area contributed by atoms with Crippen molar-refractivity contribution >= 4 is 11.8 Å². The highest BCUT2D eigenvalue weighted by atomic mass is 16.2. The van der Waals surface area contributed by atoms with Crippen LogP contribution in [0.1, 0.15) is 57.5 Å². The molecule has 0 radical (unpaired) electrons. The zero-order valence-corrected chi connectivity index (χ0v) is 17.4. The monoisotopic (exact) mass is 414 g/mol. The third kappa shape index (κ3) is 4.85. The van der Waals surface area contributed by atoms with E-state index in [1.807, 2.05) is 70.4 Å². The van der Waals surface area contributed by atoms with Gasteiger partial charge in [-0.25, -0.2) is 0 Å². The molecule has 2 fully saturated rings. The standard InChI is InChI=1S/C25H26N4O2/c30-24(27-22-10-11-22)20-6-2-19(3-7-20)17-29(23-12-13-23)25(31)21-8-4-18(5-9-21)16-28-15-1-14-26-28/h1-9,14-15,22-23H,10-13,16-17H2,(H,27,30). The maximum atomic E-state index is 13.2. The van der Waals surface area contributed by atoms with Gasteiger partial charge in [-0.05, 0) is 67.1 Å². The van der Waals surface area contributed by atoms with Crippen LogP contribution in [0.5, 0.6) is 0 Å². The van der Waals surface area contributed by atoms with Gasteiger partial charge < -0.3 is 10.2 Å². The van der Waals surface area contributed by atoms with Crippen molar-refractivity contribution in [2.75, 3.05) is 0 Å². The Morgan fingerprint density at radius 1 is 0.935 bits per heavy atom. The van der Waals surface area contributed by atoms with Gasteiger partial charge in [0, 0.05) is 42.1 Å². The fourth-order valence-corrected chi connectivity index (χ4v) is 3.71. The fourth-order valence-electron chi connectivity index (χ4n) is 3.71. The molecule has 2 aliphatic carbocycles. The summed E-state index contributed by atoms with van der Waals surface area (Å²) in [6.07, 6.45) is 7.93. The van der Waals surface area contributed by atoms with Gasteiger partial charge in [0.05, 0.1) is 6.54 Å². The number of rotatable bonds is 8. The third-order valence-electron chi connectivity index (χ3n) is 5.83. The van der Waals surface area contributed by atoms with Gasteiger partial charge >= 0.3 is 0 Å². The minimum atomic E-state index is -0.0145. The molecule has 0 saturated heterocycles. The van der Waals surface area contributed by atoms with Crippen LogP contribution in [-0.4, -0.2) is 38.6 Å². The number of nitrogens with one attached hydrogen (secondary N) is 1. The Morgan fingerprint density at radius 2 is 1.61 bits per heavy atom. The largest absolute Gasteiger partial charge is 0.349 e. The number of benzene rings is 2. The minimum absolute atomic E-state index is 0.0145. The molecule has 0 spiro atoms. The average molecular weight is 415 g/mol. The number of hydrogen-bond donors (Lipinski definition) is 1. The van der Waals surface area contributed by atoms with E-state index in [1.165, 1.54) is 0 Å². The molecule has 2 aliphatic rings. The van der Waals surface area contributed by atoms with Crippen molar-refractivity contribution < 1.29 is 9.59 Å². The smallest absolute Gasteiger partial charge is 0.254 e. The number of carbonyl (C=O) groups excluding carboxylic acids is 2. The molecule has 2 amide bonds. The number of aromatic nitrogens is 2. The van der Waals surface area contributed by atoms with Crippen molar-refractivity contribution in [2.45, 2.75) is 50.9 Å². The van der Waals surface area contributed by atoms with E-state index in [0.717, 1.165) is 36.8 Å². The quantitative estimate of drug-likeness (QED) is 0.612. The molecule has 0 atom stereocenters. The molecule has 2 aromatic carbocycles. The lowest BCUT2D eigenvalue weighted by Gasteiger charge is -2.23. The van der Waals surface area contributed by atoms with E-state index >= 15 is 0 Å². The summed E-state index contributed by atoms with van der Waals surface area (Å²) in [6.45, 7) is 1.25. The normalized spacial score (nSPS) is 15.5. The number of nitrogens with zero attached hydrogens (tertiary/aromatic N) is 3. The number of carbonyl (C=O) groups is 2. The fraction of sp³-hybridized carbons (Fsp3) is 0.320. The molecule has 2 saturated carbocycles. The average Bonchev–Trinajstić information content (AvgIpc) is 3.73. The summed E-state index contributed by atoms with van der Waals surface area (Å²) in [5, 5.41) is 7.23. The summed E-state index contributed by atoms with van der Waals surface area (Å²) in [5.74, 6) is 0.0445. The second kappa shape index (κ2) is 8.38. The van der Waals surface area contributed by atoms with Crippen LogP contribution in [-0.2, 0) is 13.1 Å². The second-order valence-electron chi connectivity index (χ2n) is 8.51. The predicted octanol–water partition coefficient (Wildman–Crippen LogP) is 3.63. The first-order chi connectivity index (χ1) is 15.2. The van der Waals surface area contributed by atoms with Crippen LogP contribution in [0.15, 0.2) is 67.0 Å². The maximum Gasteiger partial charge on any atom is 0.254 e. The molecule has 6 nitrogen and oxygen atoms in total. The summed E-state index contributed by atoms with van der Waals surface area (Å²) in [4.78, 5) is 27.4. The summed E-state index contributed by atoms with van der Waals surface area (Å²) in [7, 11) is 0. The van der Waals surface area contributed by atoms with Crippen molar-refractivity contribution in [3.05, 3.63) is 89.2 Å². The van der Waals surface area contributed by atoms with Gasteiger partial charge in [-0.15, -0.1) is 0 Å². The van der Waals surface area contributed by atoms with E-state index < -0.39 is 0 Å². The molecular formula is C25H26N4O2. The van der Waals surface area contributed by atoms with E-state index in [0.29, 0.717) is 36.3 Å². The first kappa shape index (κ1) is 19.5. The van der Waals surface area contributed by atoms with Crippen LogP contribution in [0.3, 0.4) is 0 Å². The number of hydrogen-bond acceptors (Lipinski definition) is 3. The van der Waals surface area contributed by atoms with Crippen molar-refractivity contribution in [1.29, 1.82) is 0 Å². The second-order valence-corrected chi connectivity index (χ2v) is 8.51. The van der Waals surface area contributed by atoms with E-state index in [2.05, 4.69) is 10.4 Å². The highest BCUT2D eigenvalue weighted by Gasteiger charge is 2.33. The first-order valence-electron chi connectivity index (χ1n) is 10.9. The molecule has 1 aromatic heterocycles. The minimum Gasteiger partial charge on any atom is -0.349 e. The van der Waals surface area contributed by atoms with Crippen LogP contribution < -0.4 is 5.32 Å². The molecule has 1 N–H and O–H groups in total. The SMILES string of the molecule is O=C(NC1CC1)c1ccc(CN(C(=O)c2ccc(Cn3cccn3)cc2)C2CC2)cc1. The van der Waals surface area contributed by atoms with Crippen LogP contribution in [0.25, 0.3) is 0 Å². The molecule has 5 rings (SSSR count). The highest BCUT2D eigenvalue weighted by molar-refractivity contribution is 5.95. The Balaban J connectivity index is 1.25. The Kier molecular flexibility index (Phi) is 5.28. The summed E-state index contributed by atoms with van der Waals surface area (Å²) in [6, 6.07) is 18.0. The topological polar surface area (TPSA) is 67.2 Å². The van der Waals surface area contributed by atoms with Crippen molar-refractivity contribution in [3.8, 4) is 0 Å². The summed E-state index contributed by atoms with van der Waals surface area (Å²) < 4.78 is 1.86. The van der Waals surface area contributed by atoms with E-state index in [-0.39, 0.29) is 11.8 Å². The third-order valence-corrected chi connectivity index (χ3v) is 5.83. The van der Waals surface area contributed by atoms with Gasteiger partial charge in [-0.2, -0.15) is 5.10 Å². The summed E-state index contributed by atoms with van der Waals surface area (Å²) >= 11 is 0. The Hall–Kier alpha value is -3.41. The van der Waals surface area contributed by atoms with Gasteiger partial charge in [-0.1, -0.05) is 24.3 Å². The lowest BCUT2D eigenvalue weighted by molar-refractivity contribution is 0.0729. The van der Waals surface area contributed by atoms with E-state index in [1.54, 1.807) is 6.20 Å². The molecule has 0 aliphatic heterocycles. The Bertz CT molecular complexity index is 1050. The first-order valence-corrected chi connectivity index (χ1v) is 10.9. The van der Waals surface area contributed by atoms with Crippen LogP contribution in [0.2, 0.25) is 0 Å². The zero-order valence-electron chi connectivity index (χ0n) is 17.4. The van der Waals surface area contributed by atoms with E-state index in [4.69, 9.17) is 0 Å². The number of amides is 2. The predicted molar refractivity (Wildman–Crippen MR) is 118 cm³/mol. The maximum absolute atomic E-state index is 13.2. The molecule has 158 valence electrons. The van der Waals surface area contributed by atoms with Gasteiger partial charge in [0.2, 0.25) is 0 Å². The van der Waals surface area contributed by atoms with Gasteiger partial charge in [0.1, 0.15) is 0 Å². The lowest BCUT2D eigenvalue weighted by atomic mass is 10.1. The van der Waals surface area contributed by atoms with E-state index in [9.17, 15) is 9.59 Å². The van der Waals surface area contributed by atoms with Crippen molar-refractivity contribution in [3.63, 3.8) is 0 Å². The van der Waals surface area contributed by atoms with Crippen molar-refractivity contribution in [1.82, 2.24) is 20.0 Å². The van der Waals surface area contributed by atoms with Gasteiger partial charge in [0.25, 0.3) is 11.8 Å². The van der Waals surface area contributed by atoms with Crippen LogP contribution in [0.4, 0.5) is 0 Å². The molecule has 6 heteroatoms. The summed E-state index contributed by atoms with van der Waals surface area (Å²) in [5.41, 5.74) is 3.53. The lowest BCUT2D eigenvalue weighted by Crippen LogP contribution is -2.32. The Labute approximate surface area is 181 Å². The molecular weight excluding hydrogens is 388 g/mol. The molecule has 0 unspecified atom stereocenters. The molecule has 3 aromatic rings. The van der Waals surface area contributed by atoms with Crippen LogP contribution >= 0.6 is 0 Å². The van der Waals surface area contributed by atoms with Gasteiger partial charge in [0.15, 0.2) is 0 Å². The van der Waals surface area contributed by atoms with Gasteiger partial charge in [-0.3, -0.25) is 14.3 Å².